The Bertz CT molecular complexity index is 908. The van der Waals surface area contributed by atoms with Crippen LogP contribution in [-0.4, -0.2) is 24.4 Å². The van der Waals surface area contributed by atoms with E-state index in [-0.39, 0.29) is 30.2 Å². The SMILES string of the molecule is CC(C)[C@@](C#N)(CCCNC(=O)C[C@H](N)C(=O)N[C@H](C)c1ccccc1)c1ccccc1. The molecule has 0 aliphatic carbocycles. The first-order chi connectivity index (χ1) is 15.3. The summed E-state index contributed by atoms with van der Waals surface area (Å²) in [7, 11) is 0. The molecule has 0 spiro atoms. The largest absolute Gasteiger partial charge is 0.356 e. The minimum Gasteiger partial charge on any atom is -0.356 e. The van der Waals surface area contributed by atoms with Gasteiger partial charge in [-0.1, -0.05) is 74.5 Å². The molecule has 0 saturated heterocycles. The smallest absolute Gasteiger partial charge is 0.237 e. The molecule has 2 amide bonds. The van der Waals surface area contributed by atoms with E-state index in [1.807, 2.05) is 81.4 Å². The molecule has 32 heavy (non-hydrogen) atoms. The molecule has 0 aromatic heterocycles. The average Bonchev–Trinajstić information content (AvgIpc) is 2.80. The van der Waals surface area contributed by atoms with Gasteiger partial charge in [-0.3, -0.25) is 9.59 Å². The average molecular weight is 435 g/mol. The highest BCUT2D eigenvalue weighted by Gasteiger charge is 2.35. The molecule has 170 valence electrons. The third-order valence-electron chi connectivity index (χ3n) is 5.94. The van der Waals surface area contributed by atoms with Crippen LogP contribution in [0.5, 0.6) is 0 Å². The zero-order valence-electron chi connectivity index (χ0n) is 19.2. The molecular weight excluding hydrogens is 400 g/mol. The van der Waals surface area contributed by atoms with Gasteiger partial charge in [0.25, 0.3) is 0 Å². The van der Waals surface area contributed by atoms with E-state index >= 15 is 0 Å². The van der Waals surface area contributed by atoms with Gasteiger partial charge in [0.05, 0.1) is 30.0 Å². The molecule has 3 atom stereocenters. The highest BCUT2D eigenvalue weighted by molar-refractivity contribution is 5.88. The van der Waals surface area contributed by atoms with Crippen LogP contribution in [0, 0.1) is 17.2 Å². The van der Waals surface area contributed by atoms with Gasteiger partial charge in [0.1, 0.15) is 0 Å². The monoisotopic (exact) mass is 434 g/mol. The van der Waals surface area contributed by atoms with Crippen molar-refractivity contribution in [1.82, 2.24) is 10.6 Å². The third kappa shape index (κ3) is 6.66. The number of carbonyl (C=O) groups excluding carboxylic acids is 2. The molecule has 2 aromatic carbocycles. The number of rotatable bonds is 11. The minimum atomic E-state index is -0.917. The van der Waals surface area contributed by atoms with E-state index in [4.69, 9.17) is 5.73 Å². The van der Waals surface area contributed by atoms with E-state index in [0.29, 0.717) is 19.4 Å². The van der Waals surface area contributed by atoms with Crippen LogP contribution >= 0.6 is 0 Å². The molecule has 0 radical (unpaired) electrons. The fourth-order valence-electron chi connectivity index (χ4n) is 3.86. The Hall–Kier alpha value is -3.17. The van der Waals surface area contributed by atoms with Crippen molar-refractivity contribution < 1.29 is 9.59 Å². The van der Waals surface area contributed by atoms with E-state index < -0.39 is 11.5 Å². The molecule has 2 rings (SSSR count). The van der Waals surface area contributed by atoms with Crippen LogP contribution in [0.1, 0.15) is 57.2 Å². The number of hydrogen-bond donors (Lipinski definition) is 3. The van der Waals surface area contributed by atoms with Crippen molar-refractivity contribution in [3.05, 3.63) is 71.8 Å². The highest BCUT2D eigenvalue weighted by atomic mass is 16.2. The molecule has 6 nitrogen and oxygen atoms in total. The molecule has 0 heterocycles. The molecule has 2 aromatic rings. The minimum absolute atomic E-state index is 0.0837. The summed E-state index contributed by atoms with van der Waals surface area (Å²) in [6.07, 6.45) is 1.20. The van der Waals surface area contributed by atoms with Gasteiger partial charge in [0, 0.05) is 6.54 Å². The molecule has 4 N–H and O–H groups in total. The Morgan fingerprint density at radius 2 is 1.62 bits per heavy atom. The lowest BCUT2D eigenvalue weighted by Crippen LogP contribution is -2.44. The Kier molecular flexibility index (Phi) is 9.42. The second kappa shape index (κ2) is 12.0. The number of carbonyl (C=O) groups is 2. The van der Waals surface area contributed by atoms with Gasteiger partial charge in [-0.15, -0.1) is 0 Å². The lowest BCUT2D eigenvalue weighted by atomic mass is 9.70. The number of benzene rings is 2. The number of hydrogen-bond acceptors (Lipinski definition) is 4. The summed E-state index contributed by atoms with van der Waals surface area (Å²) in [4.78, 5) is 24.6. The normalized spacial score (nSPS) is 14.6. The van der Waals surface area contributed by atoms with Gasteiger partial charge in [0.2, 0.25) is 11.8 Å². The van der Waals surface area contributed by atoms with Gasteiger partial charge < -0.3 is 16.4 Å². The van der Waals surface area contributed by atoms with Crippen LogP contribution in [0.4, 0.5) is 0 Å². The Balaban J connectivity index is 1.81. The first-order valence-corrected chi connectivity index (χ1v) is 11.1. The summed E-state index contributed by atoms with van der Waals surface area (Å²) >= 11 is 0. The van der Waals surface area contributed by atoms with Gasteiger partial charge in [-0.25, -0.2) is 0 Å². The van der Waals surface area contributed by atoms with Crippen LogP contribution in [0.2, 0.25) is 0 Å². The lowest BCUT2D eigenvalue weighted by molar-refractivity contribution is -0.128. The number of amides is 2. The molecule has 0 saturated carbocycles. The van der Waals surface area contributed by atoms with E-state index in [0.717, 1.165) is 11.1 Å². The van der Waals surface area contributed by atoms with Crippen molar-refractivity contribution in [3.8, 4) is 6.07 Å². The second-order valence-corrected chi connectivity index (χ2v) is 8.51. The van der Waals surface area contributed by atoms with Crippen molar-refractivity contribution >= 4 is 11.8 Å². The van der Waals surface area contributed by atoms with E-state index in [1.165, 1.54) is 0 Å². The molecule has 0 aliphatic heterocycles. The maximum absolute atomic E-state index is 12.3. The number of nitrogens with one attached hydrogen (secondary N) is 2. The summed E-state index contributed by atoms with van der Waals surface area (Å²) < 4.78 is 0. The van der Waals surface area contributed by atoms with Gasteiger partial charge >= 0.3 is 0 Å². The molecule has 6 heteroatoms. The standard InChI is InChI=1S/C26H34N4O2/c1-19(2)26(18-27,22-13-8-5-9-14-22)15-10-16-29-24(31)17-23(28)25(32)30-20(3)21-11-6-4-7-12-21/h4-9,11-14,19-20,23H,10,15-17,28H2,1-3H3,(H,29,31)(H,30,32)/t20-,23+,26+/m1/s1. The lowest BCUT2D eigenvalue weighted by Gasteiger charge is -2.31. The zero-order chi connectivity index (χ0) is 23.6. The number of nitrogens with two attached hydrogens (primary N) is 1. The number of nitriles is 1. The first kappa shape index (κ1) is 25.1. The van der Waals surface area contributed by atoms with E-state index in [9.17, 15) is 14.9 Å². The fraction of sp³-hybridized carbons (Fsp3) is 0.423. The Labute approximate surface area is 191 Å². The Morgan fingerprint density at radius 1 is 1.03 bits per heavy atom. The van der Waals surface area contributed by atoms with Crippen LogP contribution in [0.15, 0.2) is 60.7 Å². The second-order valence-electron chi connectivity index (χ2n) is 8.51. The van der Waals surface area contributed by atoms with Crippen molar-refractivity contribution in [2.75, 3.05) is 6.54 Å². The predicted molar refractivity (Wildman–Crippen MR) is 126 cm³/mol. The summed E-state index contributed by atoms with van der Waals surface area (Å²) in [5.41, 5.74) is 7.31. The van der Waals surface area contributed by atoms with Crippen LogP contribution in [0.3, 0.4) is 0 Å². The third-order valence-corrected chi connectivity index (χ3v) is 5.94. The first-order valence-electron chi connectivity index (χ1n) is 11.1. The van der Waals surface area contributed by atoms with E-state index in [2.05, 4.69) is 16.7 Å². The molecule has 0 aliphatic rings. The molecule has 0 fully saturated rings. The van der Waals surface area contributed by atoms with Crippen LogP contribution in [0.25, 0.3) is 0 Å². The summed E-state index contributed by atoms with van der Waals surface area (Å²) in [6.45, 7) is 6.39. The summed E-state index contributed by atoms with van der Waals surface area (Å²) in [6, 6.07) is 20.8. The van der Waals surface area contributed by atoms with Crippen molar-refractivity contribution in [3.63, 3.8) is 0 Å². The topological polar surface area (TPSA) is 108 Å². The van der Waals surface area contributed by atoms with Crippen molar-refractivity contribution in [2.45, 2.75) is 57.5 Å². The quantitative estimate of drug-likeness (QED) is 0.470. The van der Waals surface area contributed by atoms with Crippen molar-refractivity contribution in [2.24, 2.45) is 11.7 Å². The summed E-state index contributed by atoms with van der Waals surface area (Å²) in [5, 5.41) is 15.6. The zero-order valence-corrected chi connectivity index (χ0v) is 19.2. The molecule has 0 unspecified atom stereocenters. The fourth-order valence-corrected chi connectivity index (χ4v) is 3.86. The highest BCUT2D eigenvalue weighted by Crippen LogP contribution is 2.36. The maximum atomic E-state index is 12.3. The molecule has 0 bridgehead atoms. The van der Waals surface area contributed by atoms with Gasteiger partial charge in [-0.05, 0) is 36.8 Å². The predicted octanol–water partition coefficient (Wildman–Crippen LogP) is 3.60. The van der Waals surface area contributed by atoms with Gasteiger partial charge in [-0.2, -0.15) is 5.26 Å². The summed E-state index contributed by atoms with van der Waals surface area (Å²) in [5.74, 6) is -0.495. The maximum Gasteiger partial charge on any atom is 0.237 e. The van der Waals surface area contributed by atoms with Crippen LogP contribution < -0.4 is 16.4 Å². The Morgan fingerprint density at radius 3 is 2.19 bits per heavy atom. The number of nitrogens with zero attached hydrogens (tertiary/aromatic N) is 1. The van der Waals surface area contributed by atoms with Crippen LogP contribution in [-0.2, 0) is 15.0 Å². The van der Waals surface area contributed by atoms with E-state index in [1.54, 1.807) is 0 Å². The molecular formula is C26H34N4O2. The van der Waals surface area contributed by atoms with Crippen molar-refractivity contribution in [1.29, 1.82) is 5.26 Å². The van der Waals surface area contributed by atoms with Gasteiger partial charge in [0.15, 0.2) is 0 Å².